The minimum Gasteiger partial charge on any atom is -0.480 e. The normalized spacial score (nSPS) is 17.4. The van der Waals surface area contributed by atoms with Crippen LogP contribution in [0.25, 0.3) is 22.0 Å². The van der Waals surface area contributed by atoms with Crippen LogP contribution in [0, 0.1) is 18.6 Å². The highest BCUT2D eigenvalue weighted by Gasteiger charge is 2.34. The van der Waals surface area contributed by atoms with Crippen molar-refractivity contribution in [3.8, 4) is 11.1 Å². The lowest BCUT2D eigenvalue weighted by Crippen LogP contribution is -2.37. The van der Waals surface area contributed by atoms with E-state index in [1.54, 1.807) is 36.5 Å². The van der Waals surface area contributed by atoms with E-state index in [9.17, 15) is 14.3 Å². The molecule has 2 fully saturated rings. The van der Waals surface area contributed by atoms with Crippen molar-refractivity contribution in [2.45, 2.75) is 25.8 Å². The number of fused-ring (bicyclic) bond motifs is 1. The molecule has 206 valence electrons. The second kappa shape index (κ2) is 10.6. The van der Waals surface area contributed by atoms with Crippen LogP contribution in [0.5, 0.6) is 0 Å². The average Bonchev–Trinajstić information content (AvgIpc) is 3.45. The minimum atomic E-state index is -0.964. The monoisotopic (exact) mass is 547 g/mol. The van der Waals surface area contributed by atoms with Gasteiger partial charge in [0.1, 0.15) is 35.6 Å². The van der Waals surface area contributed by atoms with Gasteiger partial charge in [0.2, 0.25) is 0 Å². The number of carbonyl (C=O) groups is 1. The highest BCUT2D eigenvalue weighted by Crippen LogP contribution is 2.42. The fourth-order valence-electron chi connectivity index (χ4n) is 5.52. The highest BCUT2D eigenvalue weighted by atomic mass is 19.1. The lowest BCUT2D eigenvalue weighted by Gasteiger charge is -2.31. The van der Waals surface area contributed by atoms with Gasteiger partial charge in [0.25, 0.3) is 0 Å². The molecule has 1 atom stereocenters. The smallest absolute Gasteiger partial charge is 0.326 e. The molecule has 6 rings (SSSR count). The molecule has 0 unspecified atom stereocenters. The Morgan fingerprint density at radius 1 is 1.12 bits per heavy atom. The number of anilines is 4. The lowest BCUT2D eigenvalue weighted by atomic mass is 10.0. The Balaban J connectivity index is 1.56. The first-order valence-electron chi connectivity index (χ1n) is 13.0. The number of aromatic nitrogens is 4. The summed E-state index contributed by atoms with van der Waals surface area (Å²) >= 11 is 0. The van der Waals surface area contributed by atoms with Crippen molar-refractivity contribution in [2.75, 3.05) is 48.0 Å². The van der Waals surface area contributed by atoms with E-state index in [1.165, 1.54) is 6.33 Å². The predicted molar refractivity (Wildman–Crippen MR) is 146 cm³/mol. The molecule has 2 N–H and O–H groups in total. The second-order valence-corrected chi connectivity index (χ2v) is 9.82. The molecule has 0 bridgehead atoms. The van der Waals surface area contributed by atoms with Crippen LogP contribution >= 0.6 is 0 Å². The second-order valence-electron chi connectivity index (χ2n) is 9.82. The van der Waals surface area contributed by atoms with Gasteiger partial charge in [-0.1, -0.05) is 0 Å². The fourth-order valence-corrected chi connectivity index (χ4v) is 5.52. The van der Waals surface area contributed by atoms with Gasteiger partial charge in [-0.05, 0) is 25.8 Å². The summed E-state index contributed by atoms with van der Waals surface area (Å²) in [5, 5.41) is 13.3. The van der Waals surface area contributed by atoms with E-state index in [4.69, 9.17) is 4.74 Å². The molecule has 0 amide bonds. The number of halogens is 2. The zero-order valence-electron chi connectivity index (χ0n) is 21.8. The molecular formula is C28H27F2N7O3. The first-order valence-corrected chi connectivity index (χ1v) is 13.0. The Morgan fingerprint density at radius 2 is 1.90 bits per heavy atom. The summed E-state index contributed by atoms with van der Waals surface area (Å²) in [6.07, 6.45) is 7.59. The number of hydrogen-bond donors (Lipinski definition) is 2. The molecule has 10 nitrogen and oxygen atoms in total. The van der Waals surface area contributed by atoms with Crippen molar-refractivity contribution >= 4 is 39.9 Å². The summed E-state index contributed by atoms with van der Waals surface area (Å²) < 4.78 is 35.3. The third-order valence-electron chi connectivity index (χ3n) is 7.38. The number of benzene rings is 1. The number of ether oxygens (including phenoxy) is 1. The number of nitrogens with one attached hydrogen (secondary N) is 1. The summed E-state index contributed by atoms with van der Waals surface area (Å²) in [6.45, 7) is 4.61. The van der Waals surface area contributed by atoms with Gasteiger partial charge in [0.15, 0.2) is 0 Å². The quantitative estimate of drug-likeness (QED) is 0.362. The van der Waals surface area contributed by atoms with E-state index in [-0.39, 0.29) is 10.9 Å². The van der Waals surface area contributed by atoms with Gasteiger partial charge >= 0.3 is 5.97 Å². The topological polar surface area (TPSA) is 117 Å². The minimum absolute atomic E-state index is 0.0868. The Kier molecular flexibility index (Phi) is 6.84. The highest BCUT2D eigenvalue weighted by molar-refractivity contribution is 6.00. The SMILES string of the molecule is Cc1c(N2CCC[C@H]2C(=O)O)nc2cc(F)cc(F)c2c1Nc1ccnc(N2CCOCC2)c1-c1cncnc1. The molecule has 4 aromatic rings. The van der Waals surface area contributed by atoms with Crippen molar-refractivity contribution < 1.29 is 23.4 Å². The van der Waals surface area contributed by atoms with Crippen LogP contribution in [0.4, 0.5) is 31.8 Å². The van der Waals surface area contributed by atoms with Crippen molar-refractivity contribution in [3.05, 3.63) is 60.3 Å². The van der Waals surface area contributed by atoms with Crippen molar-refractivity contribution in [3.63, 3.8) is 0 Å². The van der Waals surface area contributed by atoms with E-state index in [1.807, 2.05) is 0 Å². The number of hydrogen-bond acceptors (Lipinski definition) is 9. The molecule has 2 saturated heterocycles. The average molecular weight is 548 g/mol. The van der Waals surface area contributed by atoms with Crippen LogP contribution in [-0.2, 0) is 9.53 Å². The Bertz CT molecular complexity index is 1580. The van der Waals surface area contributed by atoms with Crippen LogP contribution in [0.15, 0.2) is 43.1 Å². The molecule has 3 aromatic heterocycles. The fraction of sp³-hybridized carbons (Fsp3) is 0.321. The van der Waals surface area contributed by atoms with E-state index >= 15 is 4.39 Å². The number of rotatable bonds is 6. The van der Waals surface area contributed by atoms with E-state index in [2.05, 4.69) is 30.2 Å². The van der Waals surface area contributed by atoms with Gasteiger partial charge in [0, 0.05) is 61.5 Å². The van der Waals surface area contributed by atoms with Crippen LogP contribution in [0.1, 0.15) is 18.4 Å². The molecule has 2 aliphatic rings. The lowest BCUT2D eigenvalue weighted by molar-refractivity contribution is -0.138. The van der Waals surface area contributed by atoms with Gasteiger partial charge in [-0.15, -0.1) is 0 Å². The molecule has 0 saturated carbocycles. The molecule has 5 heterocycles. The van der Waals surface area contributed by atoms with Crippen LogP contribution in [-0.4, -0.2) is 69.9 Å². The summed E-state index contributed by atoms with van der Waals surface area (Å²) in [6, 6.07) is 2.98. The largest absolute Gasteiger partial charge is 0.480 e. The zero-order chi connectivity index (χ0) is 27.8. The van der Waals surface area contributed by atoms with Gasteiger partial charge in [-0.3, -0.25) is 0 Å². The molecule has 0 spiro atoms. The molecular weight excluding hydrogens is 520 g/mol. The summed E-state index contributed by atoms with van der Waals surface area (Å²) in [7, 11) is 0. The van der Waals surface area contributed by atoms with E-state index in [0.29, 0.717) is 85.4 Å². The first-order chi connectivity index (χ1) is 19.4. The molecule has 2 aliphatic heterocycles. The van der Waals surface area contributed by atoms with Crippen LogP contribution in [0.2, 0.25) is 0 Å². The van der Waals surface area contributed by atoms with Crippen LogP contribution < -0.4 is 15.1 Å². The number of morpholine rings is 1. The maximum atomic E-state index is 15.4. The number of carboxylic acids is 1. The van der Waals surface area contributed by atoms with E-state index < -0.39 is 23.6 Å². The van der Waals surface area contributed by atoms with Gasteiger partial charge < -0.3 is 25.0 Å². The molecule has 0 radical (unpaired) electrons. The number of pyridine rings is 2. The maximum Gasteiger partial charge on any atom is 0.326 e. The molecule has 40 heavy (non-hydrogen) atoms. The molecule has 0 aliphatic carbocycles. The molecule has 1 aromatic carbocycles. The Hall–Kier alpha value is -4.45. The number of carboxylic acid groups (broad SMARTS) is 1. The van der Waals surface area contributed by atoms with Gasteiger partial charge in [0.05, 0.1) is 41.1 Å². The summed E-state index contributed by atoms with van der Waals surface area (Å²) in [4.78, 5) is 33.4. The third-order valence-corrected chi connectivity index (χ3v) is 7.38. The summed E-state index contributed by atoms with van der Waals surface area (Å²) in [5.74, 6) is -1.44. The van der Waals surface area contributed by atoms with Crippen molar-refractivity contribution in [2.24, 2.45) is 0 Å². The Morgan fingerprint density at radius 3 is 2.65 bits per heavy atom. The maximum absolute atomic E-state index is 15.4. The predicted octanol–water partition coefficient (Wildman–Crippen LogP) is 4.31. The van der Waals surface area contributed by atoms with Gasteiger partial charge in [-0.25, -0.2) is 33.5 Å². The summed E-state index contributed by atoms with van der Waals surface area (Å²) in [5.41, 5.74) is 3.02. The number of aliphatic carboxylic acids is 1. The zero-order valence-corrected chi connectivity index (χ0v) is 21.8. The van der Waals surface area contributed by atoms with Crippen molar-refractivity contribution in [1.82, 2.24) is 19.9 Å². The third kappa shape index (κ3) is 4.64. The first kappa shape index (κ1) is 25.8. The van der Waals surface area contributed by atoms with Crippen molar-refractivity contribution in [1.29, 1.82) is 0 Å². The molecule has 12 heteroatoms. The Labute approximate surface area is 228 Å². The standard InChI is InChI=1S/C28H27F2N7O3/c1-16-25(24-19(30)11-18(29)12-21(24)35-26(16)37-6-2-3-22(37)28(38)39)34-20-4-5-33-27(36-7-9-40-10-8-36)23(20)17-13-31-15-32-14-17/h4-5,11-15,22H,2-3,6-10H2,1H3,(H,38,39)(H,33,34,35)/t22-/m0/s1. The van der Waals surface area contributed by atoms with E-state index in [0.717, 1.165) is 12.1 Å². The number of nitrogens with zero attached hydrogens (tertiary/aromatic N) is 6. The van der Waals surface area contributed by atoms with Gasteiger partial charge in [-0.2, -0.15) is 0 Å². The van der Waals surface area contributed by atoms with Crippen LogP contribution in [0.3, 0.4) is 0 Å².